The van der Waals surface area contributed by atoms with E-state index in [2.05, 4.69) is 4.98 Å². The Hall–Kier alpha value is -1.62. The zero-order valence-corrected chi connectivity index (χ0v) is 9.26. The fraction of sp³-hybridized carbons (Fsp3) is 0.455. The highest BCUT2D eigenvalue weighted by Crippen LogP contribution is 2.19. The maximum atomic E-state index is 11.0. The summed E-state index contributed by atoms with van der Waals surface area (Å²) in [6, 6.07) is 1.66. The molecular formula is C11H16N2O3. The Labute approximate surface area is 94.4 Å². The van der Waals surface area contributed by atoms with Crippen LogP contribution in [0.25, 0.3) is 0 Å². The minimum absolute atomic E-state index is 0.00137. The van der Waals surface area contributed by atoms with E-state index in [9.17, 15) is 4.79 Å². The Bertz CT molecular complexity index is 349. The zero-order valence-electron chi connectivity index (χ0n) is 9.26. The molecule has 0 aliphatic rings. The third kappa shape index (κ3) is 2.93. The summed E-state index contributed by atoms with van der Waals surface area (Å²) in [6.07, 6.45) is 3.78. The van der Waals surface area contributed by atoms with Gasteiger partial charge < -0.3 is 15.1 Å². The molecule has 0 radical (unpaired) electrons. The van der Waals surface area contributed by atoms with E-state index in [1.807, 2.05) is 11.8 Å². The lowest BCUT2D eigenvalue weighted by atomic mass is 10.2. The summed E-state index contributed by atoms with van der Waals surface area (Å²) >= 11 is 0. The maximum absolute atomic E-state index is 11.0. The number of anilines is 1. The summed E-state index contributed by atoms with van der Waals surface area (Å²) in [4.78, 5) is 16.7. The van der Waals surface area contributed by atoms with Crippen molar-refractivity contribution in [2.24, 2.45) is 0 Å². The lowest BCUT2D eigenvalue weighted by Gasteiger charge is -2.24. The lowest BCUT2D eigenvalue weighted by Crippen LogP contribution is -2.29. The standard InChI is InChI=1S/C11H16N2O3/c1-2-5-13(6-7-14)10-3-4-12-8-9(10)11(15)16/h3-4,8,14H,2,5-7H2,1H3,(H,15,16). The number of nitrogens with zero attached hydrogens (tertiary/aromatic N) is 2. The zero-order chi connectivity index (χ0) is 12.0. The number of aromatic carboxylic acids is 1. The van der Waals surface area contributed by atoms with Gasteiger partial charge in [-0.05, 0) is 12.5 Å². The molecule has 0 bridgehead atoms. The number of carboxylic acid groups (broad SMARTS) is 1. The van der Waals surface area contributed by atoms with E-state index in [-0.39, 0.29) is 12.2 Å². The number of carbonyl (C=O) groups is 1. The Morgan fingerprint density at radius 1 is 1.50 bits per heavy atom. The number of aliphatic hydroxyl groups excluding tert-OH is 1. The summed E-state index contributed by atoms with van der Waals surface area (Å²) in [7, 11) is 0. The molecule has 0 aliphatic carbocycles. The van der Waals surface area contributed by atoms with Crippen LogP contribution in [0, 0.1) is 0 Å². The Kier molecular flexibility index (Phi) is 4.72. The topological polar surface area (TPSA) is 73.7 Å². The van der Waals surface area contributed by atoms with E-state index in [1.165, 1.54) is 6.20 Å². The van der Waals surface area contributed by atoms with Gasteiger partial charge in [-0.1, -0.05) is 6.92 Å². The minimum atomic E-state index is -0.998. The van der Waals surface area contributed by atoms with Crippen LogP contribution in [0.1, 0.15) is 23.7 Å². The van der Waals surface area contributed by atoms with Gasteiger partial charge in [-0.25, -0.2) is 4.79 Å². The normalized spacial score (nSPS) is 10.1. The van der Waals surface area contributed by atoms with Crippen LogP contribution in [0.15, 0.2) is 18.5 Å². The molecule has 1 aromatic rings. The Morgan fingerprint density at radius 2 is 2.25 bits per heavy atom. The van der Waals surface area contributed by atoms with E-state index >= 15 is 0 Å². The van der Waals surface area contributed by atoms with Crippen molar-refractivity contribution in [3.8, 4) is 0 Å². The predicted octanol–water partition coefficient (Wildman–Crippen LogP) is 0.989. The number of hydrogen-bond acceptors (Lipinski definition) is 4. The largest absolute Gasteiger partial charge is 0.478 e. The van der Waals surface area contributed by atoms with Gasteiger partial charge in [0.2, 0.25) is 0 Å². The van der Waals surface area contributed by atoms with Gasteiger partial charge in [-0.2, -0.15) is 0 Å². The van der Waals surface area contributed by atoms with Gasteiger partial charge in [-0.3, -0.25) is 4.98 Å². The average Bonchev–Trinajstić information content (AvgIpc) is 2.29. The molecule has 5 nitrogen and oxygen atoms in total. The number of rotatable bonds is 6. The summed E-state index contributed by atoms with van der Waals surface area (Å²) < 4.78 is 0. The number of pyridine rings is 1. The van der Waals surface area contributed by atoms with E-state index in [4.69, 9.17) is 10.2 Å². The smallest absolute Gasteiger partial charge is 0.339 e. The average molecular weight is 224 g/mol. The van der Waals surface area contributed by atoms with E-state index in [0.29, 0.717) is 18.8 Å². The van der Waals surface area contributed by atoms with Crippen LogP contribution >= 0.6 is 0 Å². The van der Waals surface area contributed by atoms with Crippen molar-refractivity contribution in [2.75, 3.05) is 24.6 Å². The maximum Gasteiger partial charge on any atom is 0.339 e. The quantitative estimate of drug-likeness (QED) is 0.753. The highest BCUT2D eigenvalue weighted by Gasteiger charge is 2.14. The highest BCUT2D eigenvalue weighted by molar-refractivity contribution is 5.94. The van der Waals surface area contributed by atoms with Crippen molar-refractivity contribution >= 4 is 11.7 Å². The molecule has 5 heteroatoms. The number of carboxylic acids is 1. The fourth-order valence-corrected chi connectivity index (χ4v) is 1.57. The third-order valence-electron chi connectivity index (χ3n) is 2.23. The molecule has 1 rings (SSSR count). The van der Waals surface area contributed by atoms with Crippen molar-refractivity contribution in [2.45, 2.75) is 13.3 Å². The Balaban J connectivity index is 3.02. The first kappa shape index (κ1) is 12.4. The van der Waals surface area contributed by atoms with Gasteiger partial charge in [0.1, 0.15) is 5.56 Å². The molecule has 0 atom stereocenters. The Morgan fingerprint density at radius 3 is 2.81 bits per heavy atom. The second kappa shape index (κ2) is 6.07. The molecule has 0 fully saturated rings. The van der Waals surface area contributed by atoms with Crippen LogP contribution in [0.3, 0.4) is 0 Å². The van der Waals surface area contributed by atoms with Gasteiger partial charge in [0.25, 0.3) is 0 Å². The first-order valence-electron chi connectivity index (χ1n) is 5.23. The summed E-state index contributed by atoms with van der Waals surface area (Å²) in [5.41, 5.74) is 0.780. The van der Waals surface area contributed by atoms with Crippen molar-refractivity contribution in [1.29, 1.82) is 0 Å². The molecule has 88 valence electrons. The SMILES string of the molecule is CCCN(CCO)c1ccncc1C(=O)O. The lowest BCUT2D eigenvalue weighted by molar-refractivity contribution is 0.0697. The first-order valence-corrected chi connectivity index (χ1v) is 5.23. The van der Waals surface area contributed by atoms with E-state index in [0.717, 1.165) is 6.42 Å². The molecular weight excluding hydrogens is 208 g/mol. The second-order valence-electron chi connectivity index (χ2n) is 3.41. The molecule has 0 aromatic carbocycles. The molecule has 0 spiro atoms. The molecule has 0 saturated heterocycles. The van der Waals surface area contributed by atoms with Gasteiger partial charge in [0.05, 0.1) is 12.3 Å². The van der Waals surface area contributed by atoms with Gasteiger partial charge >= 0.3 is 5.97 Å². The molecule has 0 unspecified atom stereocenters. The van der Waals surface area contributed by atoms with E-state index < -0.39 is 5.97 Å². The minimum Gasteiger partial charge on any atom is -0.478 e. The van der Waals surface area contributed by atoms with Crippen LogP contribution in [-0.2, 0) is 0 Å². The van der Waals surface area contributed by atoms with Crippen molar-refractivity contribution in [1.82, 2.24) is 4.98 Å². The summed E-state index contributed by atoms with van der Waals surface area (Å²) in [5.74, 6) is -0.998. The van der Waals surface area contributed by atoms with Crippen LogP contribution < -0.4 is 4.90 Å². The summed E-state index contributed by atoms with van der Waals surface area (Å²) in [5, 5.41) is 18.0. The second-order valence-corrected chi connectivity index (χ2v) is 3.41. The molecule has 2 N–H and O–H groups in total. The van der Waals surface area contributed by atoms with Crippen LogP contribution in [0.2, 0.25) is 0 Å². The van der Waals surface area contributed by atoms with Crippen LogP contribution in [0.4, 0.5) is 5.69 Å². The molecule has 0 aliphatic heterocycles. The third-order valence-corrected chi connectivity index (χ3v) is 2.23. The van der Waals surface area contributed by atoms with Crippen molar-refractivity contribution < 1.29 is 15.0 Å². The van der Waals surface area contributed by atoms with Gasteiger partial charge in [0, 0.05) is 25.5 Å². The van der Waals surface area contributed by atoms with Crippen LogP contribution in [0.5, 0.6) is 0 Å². The monoisotopic (exact) mass is 224 g/mol. The first-order chi connectivity index (χ1) is 7.70. The van der Waals surface area contributed by atoms with Crippen molar-refractivity contribution in [3.05, 3.63) is 24.0 Å². The summed E-state index contributed by atoms with van der Waals surface area (Å²) in [6.45, 7) is 3.15. The van der Waals surface area contributed by atoms with Gasteiger partial charge in [-0.15, -0.1) is 0 Å². The fourth-order valence-electron chi connectivity index (χ4n) is 1.57. The molecule has 1 heterocycles. The predicted molar refractivity (Wildman–Crippen MR) is 60.8 cm³/mol. The number of hydrogen-bond donors (Lipinski definition) is 2. The number of aliphatic hydroxyl groups is 1. The van der Waals surface area contributed by atoms with Crippen molar-refractivity contribution in [3.63, 3.8) is 0 Å². The van der Waals surface area contributed by atoms with Crippen LogP contribution in [-0.4, -0.2) is 40.9 Å². The van der Waals surface area contributed by atoms with E-state index in [1.54, 1.807) is 12.3 Å². The molecule has 0 amide bonds. The number of aromatic nitrogens is 1. The van der Waals surface area contributed by atoms with Gasteiger partial charge in [0.15, 0.2) is 0 Å². The highest BCUT2D eigenvalue weighted by atomic mass is 16.4. The molecule has 0 saturated carbocycles. The molecule has 16 heavy (non-hydrogen) atoms. The molecule has 1 aromatic heterocycles.